The molecule has 2 aromatic carbocycles. The number of benzene rings is 2. The van der Waals surface area contributed by atoms with Crippen LogP contribution in [0.1, 0.15) is 52.2 Å². The second kappa shape index (κ2) is 10.9. The lowest BCUT2D eigenvalue weighted by atomic mass is 9.92. The summed E-state index contributed by atoms with van der Waals surface area (Å²) in [4.78, 5) is 24.4. The number of fused-ring (bicyclic) bond motifs is 3. The van der Waals surface area contributed by atoms with Gasteiger partial charge in [0.2, 0.25) is 5.88 Å². The summed E-state index contributed by atoms with van der Waals surface area (Å²) < 4.78 is 19.1. The number of hydrogen-bond donors (Lipinski definition) is 0. The second-order valence-electron chi connectivity index (χ2n) is 9.89. The van der Waals surface area contributed by atoms with E-state index >= 15 is 0 Å². The predicted molar refractivity (Wildman–Crippen MR) is 143 cm³/mol. The SMILES string of the molecule is COC(=O)c1ccc2nc3n(c2c1)CCOCC3N1CCC(c2cccc(OCc3ccccc3)n2)CC1. The summed E-state index contributed by atoms with van der Waals surface area (Å²) >= 11 is 0. The van der Waals surface area contributed by atoms with Gasteiger partial charge in [-0.1, -0.05) is 36.4 Å². The first-order valence-corrected chi connectivity index (χ1v) is 13.2. The summed E-state index contributed by atoms with van der Waals surface area (Å²) in [7, 11) is 1.40. The van der Waals surface area contributed by atoms with Crippen LogP contribution in [-0.4, -0.2) is 58.8 Å². The van der Waals surface area contributed by atoms with Crippen LogP contribution in [0.5, 0.6) is 5.88 Å². The first-order chi connectivity index (χ1) is 18.7. The number of carbonyl (C=O) groups excluding carboxylic acids is 1. The number of hydrogen-bond acceptors (Lipinski definition) is 7. The average molecular weight is 513 g/mol. The van der Waals surface area contributed by atoms with Crippen LogP contribution in [0.2, 0.25) is 0 Å². The molecule has 196 valence electrons. The molecule has 0 amide bonds. The van der Waals surface area contributed by atoms with Gasteiger partial charge in [0.15, 0.2) is 0 Å². The Kier molecular flexibility index (Phi) is 7.07. The number of carbonyl (C=O) groups is 1. The fourth-order valence-electron chi connectivity index (χ4n) is 5.55. The maximum atomic E-state index is 12.1. The Morgan fingerprint density at radius 3 is 2.66 bits per heavy atom. The number of esters is 1. The summed E-state index contributed by atoms with van der Waals surface area (Å²) in [5.41, 5.74) is 4.60. The topological polar surface area (TPSA) is 78.7 Å². The molecule has 38 heavy (non-hydrogen) atoms. The molecule has 0 saturated carbocycles. The number of pyridine rings is 1. The van der Waals surface area contributed by atoms with Crippen molar-refractivity contribution in [2.24, 2.45) is 0 Å². The van der Waals surface area contributed by atoms with Crippen molar-refractivity contribution in [2.75, 3.05) is 33.4 Å². The van der Waals surface area contributed by atoms with Crippen molar-refractivity contribution in [3.05, 3.63) is 89.4 Å². The molecule has 1 saturated heterocycles. The Balaban J connectivity index is 1.15. The number of nitrogens with zero attached hydrogens (tertiary/aromatic N) is 4. The number of imidazole rings is 1. The summed E-state index contributed by atoms with van der Waals surface area (Å²) in [5, 5.41) is 0. The van der Waals surface area contributed by atoms with E-state index in [1.165, 1.54) is 7.11 Å². The van der Waals surface area contributed by atoms with Crippen LogP contribution in [-0.2, 0) is 22.6 Å². The van der Waals surface area contributed by atoms with Crippen LogP contribution in [0.3, 0.4) is 0 Å². The largest absolute Gasteiger partial charge is 0.473 e. The fraction of sp³-hybridized carbons (Fsp3) is 0.367. The maximum Gasteiger partial charge on any atom is 0.337 e. The van der Waals surface area contributed by atoms with E-state index < -0.39 is 0 Å². The summed E-state index contributed by atoms with van der Waals surface area (Å²) in [6, 6.07) is 21.9. The Labute approximate surface area is 222 Å². The molecular weight excluding hydrogens is 480 g/mol. The molecule has 8 nitrogen and oxygen atoms in total. The standard InChI is InChI=1S/C30H32N4O4/c1-36-30(35)23-10-11-25-26(18-23)34-16-17-37-20-27(29(34)32-25)33-14-12-22(13-15-33)24-8-5-9-28(31-24)38-19-21-6-3-2-4-7-21/h2-11,18,22,27H,12-17,19-20H2,1H3. The van der Waals surface area contributed by atoms with Crippen molar-refractivity contribution in [1.29, 1.82) is 0 Å². The van der Waals surface area contributed by atoms with E-state index in [0.29, 0.717) is 43.7 Å². The number of rotatable bonds is 6. The molecule has 6 rings (SSSR count). The van der Waals surface area contributed by atoms with E-state index in [9.17, 15) is 4.79 Å². The maximum absolute atomic E-state index is 12.1. The monoisotopic (exact) mass is 512 g/mol. The van der Waals surface area contributed by atoms with Crippen LogP contribution in [0.4, 0.5) is 0 Å². The molecule has 4 aromatic rings. The van der Waals surface area contributed by atoms with Crippen molar-refractivity contribution in [2.45, 2.75) is 38.0 Å². The average Bonchev–Trinajstić information content (AvgIpc) is 3.20. The summed E-state index contributed by atoms with van der Waals surface area (Å²) in [6.07, 6.45) is 2.02. The number of methoxy groups -OCH3 is 1. The first-order valence-electron chi connectivity index (χ1n) is 13.2. The van der Waals surface area contributed by atoms with Crippen LogP contribution < -0.4 is 4.74 Å². The number of ether oxygens (including phenoxy) is 3. The smallest absolute Gasteiger partial charge is 0.337 e. The minimum absolute atomic E-state index is 0.0703. The van der Waals surface area contributed by atoms with Crippen LogP contribution in [0.15, 0.2) is 66.7 Å². The number of likely N-dealkylation sites (tertiary alicyclic amines) is 1. The van der Waals surface area contributed by atoms with Gasteiger partial charge in [-0.05, 0) is 55.8 Å². The minimum Gasteiger partial charge on any atom is -0.473 e. The van der Waals surface area contributed by atoms with E-state index in [1.54, 1.807) is 6.07 Å². The third-order valence-electron chi connectivity index (χ3n) is 7.60. The van der Waals surface area contributed by atoms with Crippen molar-refractivity contribution in [3.63, 3.8) is 0 Å². The van der Waals surface area contributed by atoms with Gasteiger partial charge in [-0.25, -0.2) is 14.8 Å². The quantitative estimate of drug-likeness (QED) is 0.345. The lowest BCUT2D eigenvalue weighted by Gasteiger charge is -2.36. The molecule has 4 heterocycles. The fourth-order valence-corrected chi connectivity index (χ4v) is 5.55. The molecule has 0 N–H and O–H groups in total. The van der Waals surface area contributed by atoms with Gasteiger partial charge in [0, 0.05) is 24.2 Å². The van der Waals surface area contributed by atoms with Gasteiger partial charge in [0.25, 0.3) is 0 Å². The van der Waals surface area contributed by atoms with Crippen LogP contribution in [0, 0.1) is 0 Å². The number of piperidine rings is 1. The molecule has 0 bridgehead atoms. The van der Waals surface area contributed by atoms with Crippen molar-refractivity contribution in [3.8, 4) is 5.88 Å². The van der Waals surface area contributed by atoms with E-state index in [0.717, 1.165) is 54.0 Å². The predicted octanol–water partition coefficient (Wildman–Crippen LogP) is 4.75. The first kappa shape index (κ1) is 24.6. The highest BCUT2D eigenvalue weighted by Gasteiger charge is 2.32. The van der Waals surface area contributed by atoms with Gasteiger partial charge in [0.05, 0.1) is 43.0 Å². The molecule has 2 aromatic heterocycles. The Morgan fingerprint density at radius 2 is 1.84 bits per heavy atom. The van der Waals surface area contributed by atoms with E-state index in [2.05, 4.69) is 27.7 Å². The second-order valence-corrected chi connectivity index (χ2v) is 9.89. The highest BCUT2D eigenvalue weighted by Crippen LogP contribution is 2.34. The third kappa shape index (κ3) is 5.01. The van der Waals surface area contributed by atoms with Crippen molar-refractivity contribution >= 4 is 17.0 Å². The molecule has 8 heteroatoms. The normalized spacial score (nSPS) is 18.6. The third-order valence-corrected chi connectivity index (χ3v) is 7.60. The van der Waals surface area contributed by atoms with Crippen molar-refractivity contribution < 1.29 is 19.0 Å². The zero-order valence-corrected chi connectivity index (χ0v) is 21.6. The molecular formula is C30H32N4O4. The molecule has 2 aliphatic rings. The van der Waals surface area contributed by atoms with Gasteiger partial charge in [-0.3, -0.25) is 4.90 Å². The Morgan fingerprint density at radius 1 is 1.00 bits per heavy atom. The Bertz CT molecular complexity index is 1410. The van der Waals surface area contributed by atoms with E-state index in [1.807, 2.05) is 42.5 Å². The zero-order chi connectivity index (χ0) is 25.9. The lowest BCUT2D eigenvalue weighted by molar-refractivity contribution is 0.0529. The van der Waals surface area contributed by atoms with Crippen molar-refractivity contribution in [1.82, 2.24) is 19.4 Å². The zero-order valence-electron chi connectivity index (χ0n) is 21.6. The molecule has 1 unspecified atom stereocenters. The molecule has 2 aliphatic heterocycles. The van der Waals surface area contributed by atoms with Gasteiger partial charge < -0.3 is 18.8 Å². The van der Waals surface area contributed by atoms with Gasteiger partial charge in [0.1, 0.15) is 12.4 Å². The van der Waals surface area contributed by atoms with Crippen LogP contribution >= 0.6 is 0 Å². The molecule has 0 aliphatic carbocycles. The summed E-state index contributed by atoms with van der Waals surface area (Å²) in [6.45, 7) is 4.33. The molecule has 1 fully saturated rings. The van der Waals surface area contributed by atoms with Gasteiger partial charge >= 0.3 is 5.97 Å². The molecule has 0 spiro atoms. The van der Waals surface area contributed by atoms with Crippen LogP contribution in [0.25, 0.3) is 11.0 Å². The highest BCUT2D eigenvalue weighted by molar-refractivity contribution is 5.93. The Hall–Kier alpha value is -3.75. The van der Waals surface area contributed by atoms with Gasteiger partial charge in [-0.15, -0.1) is 0 Å². The summed E-state index contributed by atoms with van der Waals surface area (Å²) in [5.74, 6) is 1.73. The molecule has 0 radical (unpaired) electrons. The lowest BCUT2D eigenvalue weighted by Crippen LogP contribution is -2.38. The van der Waals surface area contributed by atoms with Gasteiger partial charge in [-0.2, -0.15) is 0 Å². The van der Waals surface area contributed by atoms with E-state index in [4.69, 9.17) is 24.2 Å². The number of aromatic nitrogens is 3. The molecule has 1 atom stereocenters. The highest BCUT2D eigenvalue weighted by atomic mass is 16.5. The van der Waals surface area contributed by atoms with E-state index in [-0.39, 0.29) is 12.0 Å². The minimum atomic E-state index is -0.339.